The summed E-state index contributed by atoms with van der Waals surface area (Å²) in [6.45, 7) is 13.2. The third-order valence-corrected chi connectivity index (χ3v) is 5.65. The van der Waals surface area contributed by atoms with Crippen LogP contribution in [-0.4, -0.2) is 55.2 Å². The molecule has 1 unspecified atom stereocenters. The van der Waals surface area contributed by atoms with E-state index >= 15 is 0 Å². The van der Waals surface area contributed by atoms with Crippen LogP contribution in [0.1, 0.15) is 57.6 Å². The highest BCUT2D eigenvalue weighted by Crippen LogP contribution is 2.42. The van der Waals surface area contributed by atoms with Gasteiger partial charge in [0.15, 0.2) is 0 Å². The van der Waals surface area contributed by atoms with Crippen LogP contribution >= 0.6 is 0 Å². The summed E-state index contributed by atoms with van der Waals surface area (Å²) in [5.41, 5.74) is -0.0912. The maximum atomic E-state index is 13.5. The second kappa shape index (κ2) is 15.4. The number of hydrogen-bond donors (Lipinski definition) is 1. The van der Waals surface area contributed by atoms with E-state index in [4.69, 9.17) is 9.47 Å². The van der Waals surface area contributed by atoms with Crippen molar-refractivity contribution in [3.05, 3.63) is 71.0 Å². The molecule has 0 aromatic heterocycles. The van der Waals surface area contributed by atoms with E-state index in [2.05, 4.69) is 13.2 Å². The van der Waals surface area contributed by atoms with Gasteiger partial charge in [-0.15, -0.1) is 0 Å². The summed E-state index contributed by atoms with van der Waals surface area (Å²) in [6, 6.07) is 2.82. The Morgan fingerprint density at radius 3 is 2.34 bits per heavy atom. The third-order valence-electron chi connectivity index (χ3n) is 5.65. The zero-order valence-corrected chi connectivity index (χ0v) is 22.8. The Labute approximate surface area is 223 Å². The number of aliphatic carboxylic acids is 1. The zero-order chi connectivity index (χ0) is 28.9. The molecule has 9 heteroatoms. The molecule has 6 nitrogen and oxygen atoms in total. The molecule has 0 heterocycles. The Balaban J connectivity index is 3.01. The van der Waals surface area contributed by atoms with Gasteiger partial charge in [0.25, 0.3) is 0 Å². The average Bonchev–Trinajstić information content (AvgIpc) is 2.81. The monoisotopic (exact) mass is 539 g/mol. The van der Waals surface area contributed by atoms with Gasteiger partial charge in [-0.3, -0.25) is 0 Å². The normalized spacial score (nSPS) is 13.8. The number of nitrogens with zero attached hydrogens (tertiary/aromatic N) is 1. The van der Waals surface area contributed by atoms with E-state index in [0.717, 1.165) is 6.42 Å². The fourth-order valence-corrected chi connectivity index (χ4v) is 3.82. The van der Waals surface area contributed by atoms with Crippen molar-refractivity contribution in [3.8, 4) is 11.5 Å². The summed E-state index contributed by atoms with van der Waals surface area (Å²) in [4.78, 5) is 11.3. The number of unbranched alkanes of at least 4 members (excludes halogenated alkanes) is 1. The van der Waals surface area contributed by atoms with Crippen molar-refractivity contribution in [1.82, 2.24) is 0 Å². The fourth-order valence-electron chi connectivity index (χ4n) is 3.82. The van der Waals surface area contributed by atoms with Crippen LogP contribution in [0.15, 0.2) is 54.7 Å². The van der Waals surface area contributed by atoms with Gasteiger partial charge >= 0.3 is 12.1 Å². The number of ether oxygens (including phenoxy) is 2. The van der Waals surface area contributed by atoms with Crippen molar-refractivity contribution in [2.45, 2.75) is 59.1 Å². The molecule has 38 heavy (non-hydrogen) atoms. The van der Waals surface area contributed by atoms with Gasteiger partial charge in [0.2, 0.25) is 0 Å². The van der Waals surface area contributed by atoms with Crippen molar-refractivity contribution < 1.29 is 37.2 Å². The zero-order valence-electron chi connectivity index (χ0n) is 22.8. The van der Waals surface area contributed by atoms with Crippen molar-refractivity contribution in [2.75, 3.05) is 33.4 Å². The second-order valence-electron chi connectivity index (χ2n) is 9.29. The number of carboxylic acids is 1. The van der Waals surface area contributed by atoms with E-state index in [0.29, 0.717) is 42.6 Å². The Kier molecular flexibility index (Phi) is 13.4. The number of benzene rings is 1. The van der Waals surface area contributed by atoms with Gasteiger partial charge in [0.1, 0.15) is 18.0 Å². The SMILES string of the molecule is C=C(/C=C(\C=C/C)C(=O)O)C[N+](C)([O-])CCCOc1ccc(C(=C)C(F)(F)F)c(OCCCC)c1CCC. The molecule has 0 aliphatic heterocycles. The van der Waals surface area contributed by atoms with Crippen molar-refractivity contribution in [1.29, 1.82) is 0 Å². The first-order valence-electron chi connectivity index (χ1n) is 12.8. The van der Waals surface area contributed by atoms with Crippen molar-refractivity contribution >= 4 is 11.5 Å². The van der Waals surface area contributed by atoms with E-state index in [9.17, 15) is 28.3 Å². The smallest absolute Gasteiger partial charge is 0.416 e. The molecule has 0 bridgehead atoms. The van der Waals surface area contributed by atoms with Crippen LogP contribution in [0.4, 0.5) is 13.2 Å². The van der Waals surface area contributed by atoms with E-state index in [1.165, 1.54) is 31.3 Å². The first-order valence-corrected chi connectivity index (χ1v) is 12.8. The Morgan fingerprint density at radius 2 is 1.79 bits per heavy atom. The van der Waals surface area contributed by atoms with Gasteiger partial charge in [-0.1, -0.05) is 52.0 Å². The molecule has 0 aliphatic carbocycles. The van der Waals surface area contributed by atoms with Gasteiger partial charge in [-0.2, -0.15) is 13.2 Å². The van der Waals surface area contributed by atoms with E-state index in [-0.39, 0.29) is 43.2 Å². The van der Waals surface area contributed by atoms with Crippen molar-refractivity contribution in [3.63, 3.8) is 0 Å². The van der Waals surface area contributed by atoms with Gasteiger partial charge in [0.05, 0.1) is 38.0 Å². The minimum absolute atomic E-state index is 0.000906. The molecule has 0 aliphatic rings. The lowest BCUT2D eigenvalue weighted by molar-refractivity contribution is -0.855. The quantitative estimate of drug-likeness (QED) is 0.0742. The lowest BCUT2D eigenvalue weighted by atomic mass is 9.98. The standard InChI is InChI=1S/C29H40F3NO5/c1-7-10-17-38-27-24(22(5)29(30,31)32)14-15-26(25(27)13-9-3)37-18-11-16-33(6,36)20-21(4)19-23(12-8-2)28(34)35/h8,12,14-15,19H,4-5,7,9-11,13,16-18,20H2,1-3,6H3,(H,34,35)/b12-8-,23-19+. The molecular formula is C29H40F3NO5. The molecule has 1 aromatic carbocycles. The van der Waals surface area contributed by atoms with Crippen LogP contribution < -0.4 is 9.47 Å². The predicted octanol–water partition coefficient (Wildman–Crippen LogP) is 7.25. The molecular weight excluding hydrogens is 499 g/mol. The summed E-state index contributed by atoms with van der Waals surface area (Å²) in [7, 11) is 1.47. The van der Waals surface area contributed by atoms with Crippen LogP contribution in [0.3, 0.4) is 0 Å². The van der Waals surface area contributed by atoms with E-state index < -0.39 is 22.4 Å². The molecule has 1 aromatic rings. The van der Waals surface area contributed by atoms with Crippen LogP contribution in [0.5, 0.6) is 11.5 Å². The van der Waals surface area contributed by atoms with Crippen LogP contribution in [0.25, 0.3) is 5.57 Å². The predicted molar refractivity (Wildman–Crippen MR) is 145 cm³/mol. The minimum atomic E-state index is -4.59. The molecule has 0 amide bonds. The first-order chi connectivity index (χ1) is 17.8. The molecule has 0 spiro atoms. The van der Waals surface area contributed by atoms with E-state index in [1.54, 1.807) is 13.0 Å². The molecule has 1 rings (SSSR count). The number of allylic oxidation sites excluding steroid dienone is 2. The van der Waals surface area contributed by atoms with Crippen LogP contribution in [-0.2, 0) is 11.2 Å². The maximum absolute atomic E-state index is 13.5. The number of hydroxylamine groups is 3. The summed E-state index contributed by atoms with van der Waals surface area (Å²) >= 11 is 0. The molecule has 212 valence electrons. The highest BCUT2D eigenvalue weighted by molar-refractivity contribution is 5.90. The molecule has 1 N–H and O–H groups in total. The number of carboxylic acid groups (broad SMARTS) is 1. The Hall–Kier alpha value is -3.04. The molecule has 0 fully saturated rings. The minimum Gasteiger partial charge on any atom is -0.633 e. The third kappa shape index (κ3) is 10.8. The van der Waals surface area contributed by atoms with Gasteiger partial charge < -0.3 is 24.4 Å². The number of rotatable bonds is 17. The Morgan fingerprint density at radius 1 is 1.13 bits per heavy atom. The van der Waals surface area contributed by atoms with Crippen molar-refractivity contribution in [2.24, 2.45) is 0 Å². The lowest BCUT2D eigenvalue weighted by Gasteiger charge is -2.39. The number of carbonyl (C=O) groups is 1. The number of halogens is 3. The first kappa shape index (κ1) is 33.0. The summed E-state index contributed by atoms with van der Waals surface area (Å²) in [5, 5.41) is 22.1. The maximum Gasteiger partial charge on any atom is 0.416 e. The largest absolute Gasteiger partial charge is 0.633 e. The average molecular weight is 540 g/mol. The van der Waals surface area contributed by atoms with Gasteiger partial charge in [-0.25, -0.2) is 4.79 Å². The number of quaternary nitrogens is 1. The Bertz CT molecular complexity index is 1030. The van der Waals surface area contributed by atoms with Gasteiger partial charge in [-0.05, 0) is 38.0 Å². The summed E-state index contributed by atoms with van der Waals surface area (Å²) < 4.78 is 51.5. The topological polar surface area (TPSA) is 78.8 Å². The van der Waals surface area contributed by atoms with Gasteiger partial charge in [0, 0.05) is 23.1 Å². The highest BCUT2D eigenvalue weighted by atomic mass is 19.4. The summed E-state index contributed by atoms with van der Waals surface area (Å²) in [5.74, 6) is -0.548. The van der Waals surface area contributed by atoms with E-state index in [1.807, 2.05) is 13.8 Å². The number of alkyl halides is 3. The summed E-state index contributed by atoms with van der Waals surface area (Å²) in [6.07, 6.45) is 2.81. The van der Waals surface area contributed by atoms with Crippen LogP contribution in [0.2, 0.25) is 0 Å². The second-order valence-corrected chi connectivity index (χ2v) is 9.29. The van der Waals surface area contributed by atoms with Crippen LogP contribution in [0, 0.1) is 5.21 Å². The molecule has 0 radical (unpaired) electrons. The number of hydrogen-bond acceptors (Lipinski definition) is 4. The fraction of sp³-hybridized carbons (Fsp3) is 0.483. The molecule has 0 saturated carbocycles. The molecule has 0 saturated heterocycles. The molecule has 1 atom stereocenters. The number of likely N-dealkylation sites (N-methyl/N-ethyl adjacent to an activating group) is 1. The lowest BCUT2D eigenvalue weighted by Crippen LogP contribution is -2.40. The highest BCUT2D eigenvalue weighted by Gasteiger charge is 2.35.